The van der Waals surface area contributed by atoms with E-state index in [0.717, 1.165) is 42.7 Å². The highest BCUT2D eigenvalue weighted by Crippen LogP contribution is 2.15. The van der Waals surface area contributed by atoms with E-state index in [0.29, 0.717) is 6.54 Å². The van der Waals surface area contributed by atoms with E-state index in [1.54, 1.807) is 0 Å². The summed E-state index contributed by atoms with van der Waals surface area (Å²) in [6, 6.07) is 16.3. The molecule has 0 unspecified atom stereocenters. The molecular formula is C19H25IN6S. The molecule has 2 heterocycles. The molecule has 0 aliphatic carbocycles. The highest BCUT2D eigenvalue weighted by Gasteiger charge is 2.04. The zero-order valence-electron chi connectivity index (χ0n) is 15.3. The van der Waals surface area contributed by atoms with Crippen LogP contribution in [-0.2, 0) is 6.42 Å². The van der Waals surface area contributed by atoms with Gasteiger partial charge in [0, 0.05) is 42.9 Å². The van der Waals surface area contributed by atoms with Gasteiger partial charge in [-0.05, 0) is 31.2 Å². The van der Waals surface area contributed by atoms with Crippen LogP contribution in [0.3, 0.4) is 0 Å². The van der Waals surface area contributed by atoms with Gasteiger partial charge in [0.1, 0.15) is 5.82 Å². The van der Waals surface area contributed by atoms with Crippen LogP contribution in [0, 0.1) is 0 Å². The first-order valence-electron chi connectivity index (χ1n) is 8.85. The highest BCUT2D eigenvalue weighted by atomic mass is 127. The number of aromatic nitrogens is 3. The van der Waals surface area contributed by atoms with Crippen LogP contribution in [0.4, 0.5) is 0 Å². The number of pyridine rings is 1. The molecule has 0 bridgehead atoms. The predicted molar refractivity (Wildman–Crippen MR) is 123 cm³/mol. The Kier molecular flexibility index (Phi) is 9.40. The normalized spacial score (nSPS) is 11.2. The number of hydrogen-bond donors (Lipinski definition) is 2. The molecule has 0 fully saturated rings. The summed E-state index contributed by atoms with van der Waals surface area (Å²) in [5.74, 6) is 2.76. The summed E-state index contributed by atoms with van der Waals surface area (Å²) in [5.41, 5.74) is 0.870. The van der Waals surface area contributed by atoms with E-state index in [1.807, 2.05) is 46.6 Å². The first-order valence-corrected chi connectivity index (χ1v) is 9.84. The van der Waals surface area contributed by atoms with Gasteiger partial charge >= 0.3 is 0 Å². The second-order valence-corrected chi connectivity index (χ2v) is 6.81. The van der Waals surface area contributed by atoms with Crippen LogP contribution in [0.2, 0.25) is 0 Å². The van der Waals surface area contributed by atoms with Gasteiger partial charge in [-0.3, -0.25) is 9.39 Å². The molecule has 3 aromatic rings. The van der Waals surface area contributed by atoms with E-state index in [2.05, 4.69) is 57.0 Å². The van der Waals surface area contributed by atoms with Gasteiger partial charge in [0.05, 0.1) is 0 Å². The van der Waals surface area contributed by atoms with Crippen LogP contribution >= 0.6 is 35.7 Å². The lowest BCUT2D eigenvalue weighted by Gasteiger charge is -2.11. The number of halogens is 1. The number of guanidine groups is 1. The van der Waals surface area contributed by atoms with Crippen molar-refractivity contribution in [2.45, 2.75) is 18.2 Å². The van der Waals surface area contributed by atoms with Crippen molar-refractivity contribution in [1.29, 1.82) is 0 Å². The fourth-order valence-electron chi connectivity index (χ4n) is 2.53. The predicted octanol–water partition coefficient (Wildman–Crippen LogP) is 3.24. The number of hydrogen-bond acceptors (Lipinski definition) is 4. The third-order valence-corrected chi connectivity index (χ3v) is 4.75. The molecule has 6 nitrogen and oxygen atoms in total. The third kappa shape index (κ3) is 6.69. The molecule has 2 aromatic heterocycles. The van der Waals surface area contributed by atoms with Crippen LogP contribution < -0.4 is 10.6 Å². The molecule has 0 saturated heterocycles. The van der Waals surface area contributed by atoms with Crippen LogP contribution in [0.5, 0.6) is 0 Å². The van der Waals surface area contributed by atoms with Crippen molar-refractivity contribution in [2.24, 2.45) is 4.99 Å². The molecule has 0 aliphatic rings. The smallest absolute Gasteiger partial charge is 0.191 e. The molecule has 0 aliphatic heterocycles. The molecule has 0 radical (unpaired) electrons. The maximum Gasteiger partial charge on any atom is 0.191 e. The van der Waals surface area contributed by atoms with Crippen LogP contribution in [0.25, 0.3) is 5.65 Å². The minimum absolute atomic E-state index is 0. The number of thioether (sulfide) groups is 1. The summed E-state index contributed by atoms with van der Waals surface area (Å²) in [6.45, 7) is 4.43. The summed E-state index contributed by atoms with van der Waals surface area (Å²) in [5, 5.41) is 15.1. The highest BCUT2D eigenvalue weighted by molar-refractivity contribution is 14.0. The molecule has 1 aromatic carbocycles. The summed E-state index contributed by atoms with van der Waals surface area (Å²) in [6.07, 6.45) is 2.74. The lowest BCUT2D eigenvalue weighted by molar-refractivity contribution is 0.810. The molecule has 0 spiro atoms. The van der Waals surface area contributed by atoms with Crippen LogP contribution in [0.15, 0.2) is 64.6 Å². The van der Waals surface area contributed by atoms with Gasteiger partial charge < -0.3 is 10.6 Å². The second-order valence-electron chi connectivity index (χ2n) is 5.64. The van der Waals surface area contributed by atoms with Gasteiger partial charge in [0.15, 0.2) is 11.6 Å². The van der Waals surface area contributed by atoms with Gasteiger partial charge in [-0.1, -0.05) is 24.3 Å². The van der Waals surface area contributed by atoms with Crippen LogP contribution in [0.1, 0.15) is 12.7 Å². The number of benzene rings is 1. The number of aliphatic imine (C=N–C) groups is 1. The average molecular weight is 496 g/mol. The number of nitrogens with one attached hydrogen (secondary N) is 2. The van der Waals surface area contributed by atoms with Crippen LogP contribution in [-0.4, -0.2) is 45.9 Å². The third-order valence-electron chi connectivity index (χ3n) is 3.74. The van der Waals surface area contributed by atoms with Gasteiger partial charge in [-0.25, -0.2) is 0 Å². The summed E-state index contributed by atoms with van der Waals surface area (Å²) < 4.78 is 2.01. The summed E-state index contributed by atoms with van der Waals surface area (Å²) in [7, 11) is 0. The fourth-order valence-corrected chi connectivity index (χ4v) is 3.32. The monoisotopic (exact) mass is 496 g/mol. The Bertz CT molecular complexity index is 836. The maximum absolute atomic E-state index is 4.64. The van der Waals surface area contributed by atoms with Crippen molar-refractivity contribution in [3.63, 3.8) is 0 Å². The second kappa shape index (κ2) is 11.8. The lowest BCUT2D eigenvalue weighted by Crippen LogP contribution is -2.38. The molecule has 27 heavy (non-hydrogen) atoms. The first kappa shape index (κ1) is 21.5. The van der Waals surface area contributed by atoms with Gasteiger partial charge in [0.2, 0.25) is 0 Å². The SMILES string of the molecule is CCNC(=NCCc1nnc2ccccn12)NCCSc1ccccc1.I. The summed E-state index contributed by atoms with van der Waals surface area (Å²) >= 11 is 1.84. The topological polar surface area (TPSA) is 66.6 Å². The van der Waals surface area contributed by atoms with E-state index >= 15 is 0 Å². The molecule has 0 atom stereocenters. The van der Waals surface area contributed by atoms with E-state index in [1.165, 1.54) is 4.90 Å². The molecular weight excluding hydrogens is 471 g/mol. The molecule has 0 amide bonds. The zero-order chi connectivity index (χ0) is 18.0. The van der Waals surface area contributed by atoms with Gasteiger partial charge in [0.25, 0.3) is 0 Å². The van der Waals surface area contributed by atoms with Gasteiger partial charge in [-0.2, -0.15) is 0 Å². The molecule has 3 rings (SSSR count). The molecule has 144 valence electrons. The quantitative estimate of drug-likeness (QED) is 0.165. The van der Waals surface area contributed by atoms with Gasteiger partial charge in [-0.15, -0.1) is 45.9 Å². The Morgan fingerprint density at radius 2 is 1.89 bits per heavy atom. The van der Waals surface area contributed by atoms with E-state index < -0.39 is 0 Å². The Labute approximate surface area is 181 Å². The number of nitrogens with zero attached hydrogens (tertiary/aromatic N) is 4. The zero-order valence-corrected chi connectivity index (χ0v) is 18.5. The van der Waals surface area contributed by atoms with Crippen molar-refractivity contribution in [3.8, 4) is 0 Å². The Hall–Kier alpha value is -1.81. The number of fused-ring (bicyclic) bond motifs is 1. The molecule has 2 N–H and O–H groups in total. The minimum atomic E-state index is 0. The van der Waals surface area contributed by atoms with Crippen molar-refractivity contribution >= 4 is 47.3 Å². The molecule has 0 saturated carbocycles. The Morgan fingerprint density at radius 1 is 1.07 bits per heavy atom. The van der Waals surface area contributed by atoms with Crippen molar-refractivity contribution in [3.05, 3.63) is 60.6 Å². The van der Waals surface area contributed by atoms with Crippen molar-refractivity contribution in [1.82, 2.24) is 25.2 Å². The largest absolute Gasteiger partial charge is 0.357 e. The lowest BCUT2D eigenvalue weighted by atomic mass is 10.4. The van der Waals surface area contributed by atoms with Crippen molar-refractivity contribution < 1.29 is 0 Å². The fraction of sp³-hybridized carbons (Fsp3) is 0.316. The Balaban J connectivity index is 0.00000261. The molecule has 8 heteroatoms. The minimum Gasteiger partial charge on any atom is -0.357 e. The summed E-state index contributed by atoms with van der Waals surface area (Å²) in [4.78, 5) is 5.93. The number of rotatable bonds is 8. The maximum atomic E-state index is 4.64. The first-order chi connectivity index (χ1) is 12.9. The van der Waals surface area contributed by atoms with E-state index in [-0.39, 0.29) is 24.0 Å². The van der Waals surface area contributed by atoms with Crippen molar-refractivity contribution in [2.75, 3.05) is 25.4 Å². The average Bonchev–Trinajstić information content (AvgIpc) is 3.09. The van der Waals surface area contributed by atoms with E-state index in [9.17, 15) is 0 Å². The Morgan fingerprint density at radius 3 is 2.70 bits per heavy atom. The standard InChI is InChI=1S/C19H24N6S.HI/c1-2-20-19(22-13-15-26-16-8-4-3-5-9-16)21-12-11-18-24-23-17-10-6-7-14-25(17)18;/h3-10,14H,2,11-13,15H2,1H3,(H2,20,21,22);1H. The van der Waals surface area contributed by atoms with E-state index in [4.69, 9.17) is 0 Å².